The lowest BCUT2D eigenvalue weighted by atomic mass is 10.1. The zero-order chi connectivity index (χ0) is 19.8. The number of nitrogens with one attached hydrogen (secondary N) is 1. The van der Waals surface area contributed by atoms with Crippen LogP contribution in [0.25, 0.3) is 6.08 Å². The van der Waals surface area contributed by atoms with Crippen LogP contribution in [0.3, 0.4) is 0 Å². The number of rotatable bonds is 7. The minimum Gasteiger partial charge on any atom is -0.504 e. The minimum atomic E-state index is -0.542. The Bertz CT molecular complexity index is 886. The van der Waals surface area contributed by atoms with E-state index in [1.54, 1.807) is 37.3 Å². The summed E-state index contributed by atoms with van der Waals surface area (Å²) in [7, 11) is 0. The molecule has 0 unspecified atom stereocenters. The molecular weight excluding hydrogens is 412 g/mol. The molecule has 0 aliphatic rings. The summed E-state index contributed by atoms with van der Waals surface area (Å²) in [6.45, 7) is 4.61. The Morgan fingerprint density at radius 2 is 1.89 bits per heavy atom. The smallest absolute Gasteiger partial charge is 0.266 e. The van der Waals surface area contributed by atoms with Crippen molar-refractivity contribution < 1.29 is 19.4 Å². The maximum absolute atomic E-state index is 12.4. The van der Waals surface area contributed by atoms with E-state index in [0.29, 0.717) is 34.7 Å². The number of ether oxygens (including phenoxy) is 2. The number of benzene rings is 2. The fourth-order valence-electron chi connectivity index (χ4n) is 2.24. The molecule has 7 heteroatoms. The number of halogens is 1. The van der Waals surface area contributed by atoms with Crippen LogP contribution < -0.4 is 14.8 Å². The number of amides is 1. The normalized spacial score (nSPS) is 10.8. The van der Waals surface area contributed by atoms with Crippen molar-refractivity contribution in [3.8, 4) is 23.3 Å². The van der Waals surface area contributed by atoms with Gasteiger partial charge in [-0.3, -0.25) is 4.79 Å². The second-order valence-electron chi connectivity index (χ2n) is 5.36. The lowest BCUT2D eigenvalue weighted by Gasteiger charge is -2.09. The van der Waals surface area contributed by atoms with Crippen LogP contribution in [-0.4, -0.2) is 24.2 Å². The first-order valence-electron chi connectivity index (χ1n) is 8.29. The number of hydrogen-bond donors (Lipinski definition) is 2. The lowest BCUT2D eigenvalue weighted by Crippen LogP contribution is -2.13. The van der Waals surface area contributed by atoms with Gasteiger partial charge in [0.05, 0.1) is 13.2 Å². The number of aromatic hydroxyl groups is 1. The molecule has 1 amide bonds. The Hall–Kier alpha value is -2.98. The molecule has 2 rings (SSSR count). The predicted octanol–water partition coefficient (Wildman–Crippen LogP) is 4.50. The summed E-state index contributed by atoms with van der Waals surface area (Å²) < 4.78 is 11.2. The van der Waals surface area contributed by atoms with Gasteiger partial charge in [-0.05, 0) is 61.9 Å². The average Bonchev–Trinajstić information content (AvgIpc) is 2.65. The number of nitriles is 1. The molecule has 0 bridgehead atoms. The summed E-state index contributed by atoms with van der Waals surface area (Å²) in [4.78, 5) is 12.4. The van der Waals surface area contributed by atoms with Crippen molar-refractivity contribution in [1.82, 2.24) is 0 Å². The van der Waals surface area contributed by atoms with Crippen LogP contribution in [0, 0.1) is 11.3 Å². The summed E-state index contributed by atoms with van der Waals surface area (Å²) in [5.41, 5.74) is 0.997. The molecule has 0 spiro atoms. The van der Waals surface area contributed by atoms with E-state index in [0.717, 1.165) is 0 Å². The van der Waals surface area contributed by atoms with Gasteiger partial charge in [-0.15, -0.1) is 0 Å². The van der Waals surface area contributed by atoms with E-state index in [2.05, 4.69) is 21.2 Å². The topological polar surface area (TPSA) is 91.6 Å². The van der Waals surface area contributed by atoms with Crippen LogP contribution in [-0.2, 0) is 4.79 Å². The number of anilines is 1. The van der Waals surface area contributed by atoms with Gasteiger partial charge in [-0.2, -0.15) is 5.26 Å². The molecule has 140 valence electrons. The third kappa shape index (κ3) is 5.50. The molecule has 0 fully saturated rings. The van der Waals surface area contributed by atoms with Gasteiger partial charge < -0.3 is 19.9 Å². The predicted molar refractivity (Wildman–Crippen MR) is 107 cm³/mol. The maximum atomic E-state index is 12.4. The molecule has 6 nitrogen and oxygen atoms in total. The van der Waals surface area contributed by atoms with Crippen molar-refractivity contribution in [3.63, 3.8) is 0 Å². The van der Waals surface area contributed by atoms with Crippen molar-refractivity contribution >= 4 is 33.6 Å². The molecule has 0 aromatic heterocycles. The van der Waals surface area contributed by atoms with E-state index in [1.165, 1.54) is 12.1 Å². The van der Waals surface area contributed by atoms with Crippen LogP contribution in [0.4, 0.5) is 5.69 Å². The molecule has 0 aliphatic heterocycles. The Kier molecular flexibility index (Phi) is 7.26. The Morgan fingerprint density at radius 3 is 2.48 bits per heavy atom. The Morgan fingerprint density at radius 1 is 1.22 bits per heavy atom. The first-order valence-corrected chi connectivity index (χ1v) is 9.09. The van der Waals surface area contributed by atoms with Gasteiger partial charge in [-0.25, -0.2) is 0 Å². The highest BCUT2D eigenvalue weighted by Gasteiger charge is 2.13. The average molecular weight is 431 g/mol. The van der Waals surface area contributed by atoms with E-state index in [4.69, 9.17) is 9.47 Å². The summed E-state index contributed by atoms with van der Waals surface area (Å²) in [6.07, 6.45) is 1.43. The summed E-state index contributed by atoms with van der Waals surface area (Å²) in [5, 5.41) is 21.9. The lowest BCUT2D eigenvalue weighted by molar-refractivity contribution is -0.112. The molecule has 0 saturated heterocycles. The van der Waals surface area contributed by atoms with Crippen LogP contribution in [0.2, 0.25) is 0 Å². The molecule has 0 saturated carbocycles. The van der Waals surface area contributed by atoms with E-state index >= 15 is 0 Å². The van der Waals surface area contributed by atoms with Gasteiger partial charge in [0.2, 0.25) is 0 Å². The molecule has 27 heavy (non-hydrogen) atoms. The second-order valence-corrected chi connectivity index (χ2v) is 6.21. The van der Waals surface area contributed by atoms with Crippen molar-refractivity contribution in [2.24, 2.45) is 0 Å². The summed E-state index contributed by atoms with van der Waals surface area (Å²) >= 11 is 3.31. The van der Waals surface area contributed by atoms with E-state index in [9.17, 15) is 15.2 Å². The van der Waals surface area contributed by atoms with Gasteiger partial charge in [0.1, 0.15) is 17.4 Å². The zero-order valence-electron chi connectivity index (χ0n) is 15.0. The standard InChI is InChI=1S/C20H19BrN2O4/c1-3-26-16-7-5-15(6-8-16)23-20(25)14(12-22)9-13-10-19(27-4-2)18(24)11-17(13)21/h5-11,24H,3-4H2,1-2H3,(H,23,25)/b14-9-. The zero-order valence-corrected chi connectivity index (χ0v) is 16.5. The number of nitrogens with zero attached hydrogens (tertiary/aromatic N) is 1. The number of phenols is 1. The highest BCUT2D eigenvalue weighted by molar-refractivity contribution is 9.10. The first kappa shape index (κ1) is 20.3. The minimum absolute atomic E-state index is 0.0294. The van der Waals surface area contributed by atoms with Crippen LogP contribution in [0.5, 0.6) is 17.2 Å². The molecule has 0 atom stereocenters. The van der Waals surface area contributed by atoms with Crippen molar-refractivity contribution in [2.45, 2.75) is 13.8 Å². The van der Waals surface area contributed by atoms with E-state index in [-0.39, 0.29) is 17.1 Å². The molecule has 2 aromatic rings. The van der Waals surface area contributed by atoms with Gasteiger partial charge >= 0.3 is 0 Å². The number of hydrogen-bond acceptors (Lipinski definition) is 5. The van der Waals surface area contributed by atoms with E-state index in [1.807, 2.05) is 13.0 Å². The molecule has 0 heterocycles. The Balaban J connectivity index is 2.23. The third-order valence-electron chi connectivity index (χ3n) is 3.47. The maximum Gasteiger partial charge on any atom is 0.266 e. The molecule has 0 aliphatic carbocycles. The number of carbonyl (C=O) groups is 1. The van der Waals surface area contributed by atoms with Crippen molar-refractivity contribution in [3.05, 3.63) is 52.0 Å². The highest BCUT2D eigenvalue weighted by atomic mass is 79.9. The van der Waals surface area contributed by atoms with Gasteiger partial charge in [-0.1, -0.05) is 15.9 Å². The SMILES string of the molecule is CCOc1ccc(NC(=O)/C(C#N)=C\c2cc(OCC)c(O)cc2Br)cc1. The summed E-state index contributed by atoms with van der Waals surface area (Å²) in [5.74, 6) is 0.400. The van der Waals surface area contributed by atoms with Gasteiger partial charge in [0.25, 0.3) is 5.91 Å². The number of phenolic OH excluding ortho intramolecular Hbond substituents is 1. The summed E-state index contributed by atoms with van der Waals surface area (Å²) in [6, 6.07) is 11.8. The number of carbonyl (C=O) groups excluding carboxylic acids is 1. The van der Waals surface area contributed by atoms with Gasteiger partial charge in [0.15, 0.2) is 11.5 Å². The second kappa shape index (κ2) is 9.64. The van der Waals surface area contributed by atoms with E-state index < -0.39 is 5.91 Å². The third-order valence-corrected chi connectivity index (χ3v) is 4.15. The van der Waals surface area contributed by atoms with Crippen LogP contribution in [0.1, 0.15) is 19.4 Å². The largest absolute Gasteiger partial charge is 0.504 e. The monoisotopic (exact) mass is 430 g/mol. The first-order chi connectivity index (χ1) is 13.0. The quantitative estimate of drug-likeness (QED) is 0.498. The molecule has 0 radical (unpaired) electrons. The fourth-order valence-corrected chi connectivity index (χ4v) is 2.69. The van der Waals surface area contributed by atoms with Crippen molar-refractivity contribution in [1.29, 1.82) is 5.26 Å². The molecule has 2 aromatic carbocycles. The van der Waals surface area contributed by atoms with Crippen LogP contribution in [0.15, 0.2) is 46.4 Å². The van der Waals surface area contributed by atoms with Crippen LogP contribution >= 0.6 is 15.9 Å². The Labute approximate surface area is 166 Å². The molecule has 2 N–H and O–H groups in total. The van der Waals surface area contributed by atoms with Gasteiger partial charge in [0, 0.05) is 10.2 Å². The fraction of sp³-hybridized carbons (Fsp3) is 0.200. The molecular formula is C20H19BrN2O4. The van der Waals surface area contributed by atoms with Crippen molar-refractivity contribution in [2.75, 3.05) is 18.5 Å². The highest BCUT2D eigenvalue weighted by Crippen LogP contribution is 2.33.